The first-order chi connectivity index (χ1) is 13.8. The highest BCUT2D eigenvalue weighted by Crippen LogP contribution is 2.32. The number of thioether (sulfide) groups is 2. The number of aryl methyl sites for hydroxylation is 2. The van der Waals surface area contributed by atoms with Gasteiger partial charge in [0, 0.05) is 9.77 Å². The van der Waals surface area contributed by atoms with Crippen molar-refractivity contribution < 1.29 is 13.6 Å². The van der Waals surface area contributed by atoms with E-state index in [0.29, 0.717) is 44.1 Å². The van der Waals surface area contributed by atoms with E-state index in [1.807, 2.05) is 13.8 Å². The normalized spacial score (nSPS) is 12.5. The molecule has 2 heterocycles. The van der Waals surface area contributed by atoms with Gasteiger partial charge in [0.05, 0.1) is 22.1 Å². The first-order valence-electron chi connectivity index (χ1n) is 8.71. The van der Waals surface area contributed by atoms with E-state index >= 15 is 0 Å². The summed E-state index contributed by atoms with van der Waals surface area (Å²) < 4.78 is 25.4. The van der Waals surface area contributed by atoms with E-state index in [1.165, 1.54) is 23.1 Å². The number of rotatable bonds is 7. The van der Waals surface area contributed by atoms with Gasteiger partial charge in [-0.25, -0.2) is 4.98 Å². The summed E-state index contributed by atoms with van der Waals surface area (Å²) in [7, 11) is 0. The standard InChI is InChI=1S/C19H19F2N3O2S3/c1-9-10(2)28-18-15(9)17(26)23-14(24-18)8-27-11(3)16(25)22-12-6-4-5-7-13(12)29-19(20)21/h4-7,11,19H,8H2,1-3H3,(H,22,25)(H,23,24,26). The van der Waals surface area contributed by atoms with Crippen LogP contribution in [0.1, 0.15) is 23.2 Å². The van der Waals surface area contributed by atoms with Crippen molar-refractivity contribution in [1.82, 2.24) is 9.97 Å². The molecule has 0 fully saturated rings. The lowest BCUT2D eigenvalue weighted by Gasteiger charge is -2.14. The molecule has 5 nitrogen and oxygen atoms in total. The molecule has 0 aliphatic carbocycles. The van der Waals surface area contributed by atoms with E-state index < -0.39 is 11.0 Å². The van der Waals surface area contributed by atoms with E-state index in [9.17, 15) is 18.4 Å². The fourth-order valence-electron chi connectivity index (χ4n) is 2.65. The molecule has 2 aromatic heterocycles. The van der Waals surface area contributed by atoms with E-state index in [1.54, 1.807) is 31.2 Å². The molecular formula is C19H19F2N3O2S3. The maximum absolute atomic E-state index is 12.7. The van der Waals surface area contributed by atoms with Crippen molar-refractivity contribution in [1.29, 1.82) is 0 Å². The number of aromatic nitrogens is 2. The summed E-state index contributed by atoms with van der Waals surface area (Å²) in [6, 6.07) is 6.45. The molecule has 0 aliphatic rings. The number of aromatic amines is 1. The van der Waals surface area contributed by atoms with Crippen LogP contribution in [0.25, 0.3) is 10.2 Å². The van der Waals surface area contributed by atoms with Crippen LogP contribution in [0.4, 0.5) is 14.5 Å². The van der Waals surface area contributed by atoms with Crippen molar-refractivity contribution in [2.75, 3.05) is 5.32 Å². The van der Waals surface area contributed by atoms with Crippen LogP contribution in [0.3, 0.4) is 0 Å². The number of amides is 1. The Bertz CT molecular complexity index is 1100. The summed E-state index contributed by atoms with van der Waals surface area (Å²) in [4.78, 5) is 34.2. The largest absolute Gasteiger partial charge is 0.324 e. The maximum atomic E-state index is 12.7. The molecule has 0 saturated carbocycles. The van der Waals surface area contributed by atoms with Crippen LogP contribution in [0, 0.1) is 13.8 Å². The Balaban J connectivity index is 1.67. The summed E-state index contributed by atoms with van der Waals surface area (Å²) in [5, 5.41) is 2.85. The molecule has 1 amide bonds. The quantitative estimate of drug-likeness (QED) is 0.481. The Morgan fingerprint density at radius 3 is 2.76 bits per heavy atom. The van der Waals surface area contributed by atoms with Crippen LogP contribution in [0.5, 0.6) is 0 Å². The van der Waals surface area contributed by atoms with Crippen LogP contribution < -0.4 is 10.9 Å². The lowest BCUT2D eigenvalue weighted by Crippen LogP contribution is -2.23. The topological polar surface area (TPSA) is 74.8 Å². The van der Waals surface area contributed by atoms with Crippen molar-refractivity contribution in [3.05, 3.63) is 50.9 Å². The molecule has 0 bridgehead atoms. The number of H-pyrrole nitrogens is 1. The first-order valence-corrected chi connectivity index (χ1v) is 11.5. The highest BCUT2D eigenvalue weighted by Gasteiger charge is 2.18. The van der Waals surface area contributed by atoms with Crippen LogP contribution in [-0.4, -0.2) is 26.9 Å². The molecule has 1 aromatic carbocycles. The van der Waals surface area contributed by atoms with Gasteiger partial charge < -0.3 is 10.3 Å². The summed E-state index contributed by atoms with van der Waals surface area (Å²) in [6.45, 7) is 5.57. The molecular weight excluding hydrogens is 436 g/mol. The van der Waals surface area contributed by atoms with Gasteiger partial charge in [-0.3, -0.25) is 9.59 Å². The highest BCUT2D eigenvalue weighted by molar-refractivity contribution is 8.00. The summed E-state index contributed by atoms with van der Waals surface area (Å²) in [6.07, 6.45) is 0. The third-order valence-electron chi connectivity index (χ3n) is 4.29. The number of benzene rings is 1. The van der Waals surface area contributed by atoms with Crippen molar-refractivity contribution in [3.63, 3.8) is 0 Å². The Morgan fingerprint density at radius 2 is 2.03 bits per heavy atom. The number of hydrogen-bond acceptors (Lipinski definition) is 6. The average molecular weight is 456 g/mol. The van der Waals surface area contributed by atoms with Gasteiger partial charge in [-0.15, -0.1) is 23.1 Å². The SMILES string of the molecule is Cc1sc2nc(CSC(C)C(=O)Nc3ccccc3SC(F)F)[nH]c(=O)c2c1C. The highest BCUT2D eigenvalue weighted by atomic mass is 32.2. The number of hydrogen-bond donors (Lipinski definition) is 2. The van der Waals surface area contributed by atoms with E-state index in [0.717, 1.165) is 10.4 Å². The minimum atomic E-state index is -2.57. The summed E-state index contributed by atoms with van der Waals surface area (Å²) in [5.74, 6) is -2.02. The van der Waals surface area contributed by atoms with E-state index in [-0.39, 0.29) is 11.5 Å². The Morgan fingerprint density at radius 1 is 1.31 bits per heavy atom. The molecule has 1 unspecified atom stereocenters. The lowest BCUT2D eigenvalue weighted by molar-refractivity contribution is -0.115. The molecule has 154 valence electrons. The van der Waals surface area contributed by atoms with Gasteiger partial charge in [0.25, 0.3) is 11.3 Å². The number of fused-ring (bicyclic) bond motifs is 1. The summed E-state index contributed by atoms with van der Waals surface area (Å²) in [5.41, 5.74) is 1.11. The van der Waals surface area contributed by atoms with Gasteiger partial charge in [0.15, 0.2) is 0 Å². The Labute approximate surface area is 178 Å². The average Bonchev–Trinajstić information content (AvgIpc) is 2.95. The second-order valence-corrected chi connectivity index (χ2v) is 9.86. The lowest BCUT2D eigenvalue weighted by atomic mass is 10.2. The molecule has 3 aromatic rings. The fourth-order valence-corrected chi connectivity index (χ4v) is 5.05. The molecule has 3 rings (SSSR count). The van der Waals surface area contributed by atoms with Crippen LogP contribution in [0.15, 0.2) is 34.0 Å². The number of carbonyl (C=O) groups is 1. The molecule has 29 heavy (non-hydrogen) atoms. The fraction of sp³-hybridized carbons (Fsp3) is 0.316. The predicted molar refractivity (Wildman–Crippen MR) is 117 cm³/mol. The molecule has 0 saturated heterocycles. The molecule has 0 aliphatic heterocycles. The number of alkyl halides is 2. The third-order valence-corrected chi connectivity index (χ3v) is 7.33. The number of nitrogens with one attached hydrogen (secondary N) is 2. The third kappa shape index (κ3) is 5.18. The number of anilines is 1. The van der Waals surface area contributed by atoms with E-state index in [2.05, 4.69) is 15.3 Å². The van der Waals surface area contributed by atoms with Crippen molar-refractivity contribution in [2.24, 2.45) is 0 Å². The minimum absolute atomic E-state index is 0.178. The van der Waals surface area contributed by atoms with Crippen LogP contribution in [-0.2, 0) is 10.5 Å². The number of para-hydroxylation sites is 1. The predicted octanol–water partition coefficient (Wildman–Crippen LogP) is 5.18. The van der Waals surface area contributed by atoms with Crippen LogP contribution >= 0.6 is 34.9 Å². The number of carbonyl (C=O) groups excluding carboxylic acids is 1. The molecule has 2 N–H and O–H groups in total. The smallest absolute Gasteiger partial charge is 0.288 e. The van der Waals surface area contributed by atoms with Crippen LogP contribution in [0.2, 0.25) is 0 Å². The van der Waals surface area contributed by atoms with E-state index in [4.69, 9.17) is 0 Å². The van der Waals surface area contributed by atoms with Crippen molar-refractivity contribution in [3.8, 4) is 0 Å². The number of nitrogens with zero attached hydrogens (tertiary/aromatic N) is 1. The van der Waals surface area contributed by atoms with Gasteiger partial charge in [-0.05, 0) is 38.5 Å². The van der Waals surface area contributed by atoms with Gasteiger partial charge >= 0.3 is 0 Å². The number of thiophene rings is 1. The van der Waals surface area contributed by atoms with Gasteiger partial charge in [-0.1, -0.05) is 23.9 Å². The number of halogens is 2. The Hall–Kier alpha value is -1.91. The van der Waals surface area contributed by atoms with Gasteiger partial charge in [0.2, 0.25) is 5.91 Å². The summed E-state index contributed by atoms with van der Waals surface area (Å²) >= 11 is 3.17. The van der Waals surface area contributed by atoms with Gasteiger partial charge in [0.1, 0.15) is 10.7 Å². The first kappa shape index (κ1) is 21.8. The monoisotopic (exact) mass is 455 g/mol. The molecule has 10 heteroatoms. The molecule has 0 radical (unpaired) electrons. The zero-order valence-electron chi connectivity index (χ0n) is 15.9. The second kappa shape index (κ2) is 9.27. The Kier molecular flexibility index (Phi) is 6.97. The zero-order chi connectivity index (χ0) is 21.1. The van der Waals surface area contributed by atoms with Gasteiger partial charge in [-0.2, -0.15) is 8.78 Å². The second-order valence-electron chi connectivity index (χ2n) is 6.29. The molecule has 0 spiro atoms. The molecule has 1 atom stereocenters. The maximum Gasteiger partial charge on any atom is 0.288 e. The van der Waals surface area contributed by atoms with Crippen molar-refractivity contribution in [2.45, 2.75) is 42.4 Å². The van der Waals surface area contributed by atoms with Crippen molar-refractivity contribution >= 4 is 56.7 Å². The minimum Gasteiger partial charge on any atom is -0.324 e. The zero-order valence-corrected chi connectivity index (χ0v) is 18.4.